The Kier molecular flexibility index (Phi) is 4.23. The van der Waals surface area contributed by atoms with Gasteiger partial charge in [0, 0.05) is 29.6 Å². The molecule has 7 nitrogen and oxygen atoms in total. The molecule has 2 saturated heterocycles. The number of piperazine rings is 1. The van der Waals surface area contributed by atoms with Crippen molar-refractivity contribution < 1.29 is 9.00 Å². The summed E-state index contributed by atoms with van der Waals surface area (Å²) in [6.07, 6.45) is 3.34. The lowest BCUT2D eigenvalue weighted by Gasteiger charge is -2.39. The molecule has 1 aromatic carbocycles. The molecule has 0 radical (unpaired) electrons. The van der Waals surface area contributed by atoms with E-state index in [0.717, 1.165) is 22.2 Å². The van der Waals surface area contributed by atoms with Crippen molar-refractivity contribution in [2.24, 2.45) is 0 Å². The minimum Gasteiger partial charge on any atom is -0.334 e. The van der Waals surface area contributed by atoms with Crippen LogP contribution in [0.4, 0.5) is 0 Å². The lowest BCUT2D eigenvalue weighted by molar-refractivity contribution is 0.0616. The highest BCUT2D eigenvalue weighted by Crippen LogP contribution is 2.35. The molecule has 1 amide bonds. The molecule has 24 heavy (non-hydrogen) atoms. The normalized spacial score (nSPS) is 25.0. The van der Waals surface area contributed by atoms with Crippen LogP contribution in [0.1, 0.15) is 23.3 Å². The summed E-state index contributed by atoms with van der Waals surface area (Å²) in [5.74, 6) is -0.119. The van der Waals surface area contributed by atoms with E-state index in [-0.39, 0.29) is 18.0 Å². The number of carbonyl (C=O) groups is 1. The molecule has 2 aliphatic heterocycles. The highest BCUT2D eigenvalue weighted by Gasteiger charge is 2.45. The molecule has 2 aliphatic rings. The van der Waals surface area contributed by atoms with E-state index in [4.69, 9.17) is 0 Å². The van der Waals surface area contributed by atoms with E-state index in [9.17, 15) is 9.00 Å². The Morgan fingerprint density at radius 3 is 2.58 bits per heavy atom. The van der Waals surface area contributed by atoms with Crippen molar-refractivity contribution in [3.8, 4) is 0 Å². The van der Waals surface area contributed by atoms with Gasteiger partial charge in [0.15, 0.2) is 5.69 Å². The summed E-state index contributed by atoms with van der Waals surface area (Å²) in [5, 5.41) is 10.0. The summed E-state index contributed by atoms with van der Waals surface area (Å²) >= 11 is 3.48. The third kappa shape index (κ3) is 2.70. The maximum Gasteiger partial charge on any atom is 0.276 e. The summed E-state index contributed by atoms with van der Waals surface area (Å²) < 4.78 is 16.0. The fourth-order valence-corrected chi connectivity index (χ4v) is 5.71. The Morgan fingerprint density at radius 2 is 1.96 bits per heavy atom. The number of likely N-dealkylation sites (tertiary alicyclic amines) is 1. The fraction of sp³-hybridized carbons (Fsp3) is 0.400. The van der Waals surface area contributed by atoms with Crippen LogP contribution in [0.2, 0.25) is 0 Å². The van der Waals surface area contributed by atoms with Crippen molar-refractivity contribution in [1.29, 1.82) is 0 Å². The molecular formula is C15H16BrN5O2S. The zero-order chi connectivity index (χ0) is 16.7. The maximum atomic E-state index is 13.1. The van der Waals surface area contributed by atoms with Gasteiger partial charge in [-0.25, -0.2) is 8.51 Å². The average Bonchev–Trinajstić information content (AvgIpc) is 3.20. The van der Waals surface area contributed by atoms with Gasteiger partial charge in [-0.2, -0.15) is 15.4 Å². The number of benzene rings is 1. The number of halogens is 1. The number of hydrogen-bond acceptors (Lipinski definition) is 4. The van der Waals surface area contributed by atoms with Gasteiger partial charge in [0.2, 0.25) is 0 Å². The highest BCUT2D eigenvalue weighted by molar-refractivity contribution is 9.10. The molecule has 2 bridgehead atoms. The van der Waals surface area contributed by atoms with Crippen molar-refractivity contribution >= 4 is 32.8 Å². The third-order valence-corrected chi connectivity index (χ3v) is 7.22. The van der Waals surface area contributed by atoms with Gasteiger partial charge in [-0.3, -0.25) is 4.79 Å². The molecule has 1 N–H and O–H groups in total. The van der Waals surface area contributed by atoms with Crippen LogP contribution in [0, 0.1) is 0 Å². The molecule has 0 spiro atoms. The van der Waals surface area contributed by atoms with E-state index in [1.807, 2.05) is 24.3 Å². The van der Waals surface area contributed by atoms with E-state index in [0.29, 0.717) is 18.8 Å². The summed E-state index contributed by atoms with van der Waals surface area (Å²) in [7, 11) is -1.23. The van der Waals surface area contributed by atoms with Gasteiger partial charge in [-0.05, 0) is 40.9 Å². The molecule has 126 valence electrons. The first-order valence-electron chi connectivity index (χ1n) is 7.75. The lowest BCUT2D eigenvalue weighted by Crippen LogP contribution is -2.55. The van der Waals surface area contributed by atoms with Gasteiger partial charge in [-0.15, -0.1) is 0 Å². The Morgan fingerprint density at radius 1 is 1.25 bits per heavy atom. The number of nitrogens with zero attached hydrogens (tertiary/aromatic N) is 4. The van der Waals surface area contributed by atoms with Gasteiger partial charge in [0.05, 0.1) is 11.1 Å². The third-order valence-electron chi connectivity index (χ3n) is 4.55. The quantitative estimate of drug-likeness (QED) is 0.833. The summed E-state index contributed by atoms with van der Waals surface area (Å²) in [4.78, 5) is 15.1. The summed E-state index contributed by atoms with van der Waals surface area (Å²) in [6.45, 7) is 1.14. The molecule has 3 unspecified atom stereocenters. The Labute approximate surface area is 150 Å². The van der Waals surface area contributed by atoms with Crippen LogP contribution >= 0.6 is 15.9 Å². The van der Waals surface area contributed by atoms with Crippen LogP contribution in [0.5, 0.6) is 0 Å². The molecule has 3 heterocycles. The first-order valence-corrected chi connectivity index (χ1v) is 9.65. The number of amides is 1. The number of nitrogens with one attached hydrogen (secondary N) is 1. The van der Waals surface area contributed by atoms with Gasteiger partial charge in [0.25, 0.3) is 5.91 Å². The predicted octanol–water partition coefficient (Wildman–Crippen LogP) is 1.58. The number of hydrogen-bond donors (Lipinski definition) is 1. The minimum absolute atomic E-state index is 0.104. The largest absolute Gasteiger partial charge is 0.334 e. The van der Waals surface area contributed by atoms with Crippen molar-refractivity contribution in [2.45, 2.75) is 29.8 Å². The number of H-pyrrole nitrogens is 1. The standard InChI is InChI=1S/C15H16BrN5O2S/c16-12-3-1-2-4-14(12)24(23)21-10-5-6-11(21)9-20(8-10)15(22)13-7-17-19-18-13/h1-4,7,10-11H,5-6,8-9H2,(H,17,18,19). The van der Waals surface area contributed by atoms with Crippen molar-refractivity contribution in [3.05, 3.63) is 40.6 Å². The van der Waals surface area contributed by atoms with Gasteiger partial charge < -0.3 is 4.90 Å². The predicted molar refractivity (Wildman–Crippen MR) is 91.5 cm³/mol. The number of fused-ring (bicyclic) bond motifs is 2. The Bertz CT molecular complexity index is 770. The van der Waals surface area contributed by atoms with Crippen LogP contribution in [0.15, 0.2) is 39.8 Å². The molecular weight excluding hydrogens is 394 g/mol. The summed E-state index contributed by atoms with van der Waals surface area (Å²) in [5.41, 5.74) is 0.328. The second-order valence-electron chi connectivity index (χ2n) is 5.99. The number of aromatic nitrogens is 3. The molecule has 2 fully saturated rings. The number of rotatable bonds is 3. The molecule has 3 atom stereocenters. The van der Waals surface area contributed by atoms with Crippen molar-refractivity contribution in [3.63, 3.8) is 0 Å². The highest BCUT2D eigenvalue weighted by atomic mass is 79.9. The molecule has 2 aromatic rings. The van der Waals surface area contributed by atoms with E-state index < -0.39 is 11.0 Å². The van der Waals surface area contributed by atoms with Crippen LogP contribution < -0.4 is 0 Å². The van der Waals surface area contributed by atoms with Crippen LogP contribution in [0.25, 0.3) is 0 Å². The van der Waals surface area contributed by atoms with E-state index in [1.54, 1.807) is 4.90 Å². The van der Waals surface area contributed by atoms with Gasteiger partial charge in [-0.1, -0.05) is 12.1 Å². The number of carbonyl (C=O) groups excluding carboxylic acids is 1. The minimum atomic E-state index is -1.23. The first-order chi connectivity index (χ1) is 11.6. The van der Waals surface area contributed by atoms with Crippen LogP contribution in [-0.2, 0) is 11.0 Å². The second kappa shape index (κ2) is 6.38. The second-order valence-corrected chi connectivity index (χ2v) is 8.20. The van der Waals surface area contributed by atoms with Crippen LogP contribution in [-0.4, -0.2) is 59.9 Å². The smallest absolute Gasteiger partial charge is 0.276 e. The molecule has 1 aromatic heterocycles. The Balaban J connectivity index is 1.54. The van der Waals surface area contributed by atoms with E-state index in [2.05, 4.69) is 35.6 Å². The van der Waals surface area contributed by atoms with Gasteiger partial charge >= 0.3 is 0 Å². The first kappa shape index (κ1) is 15.9. The SMILES string of the molecule is O=C(c1cn[nH]n1)N1CC2CCC(C1)N2S(=O)c1ccccc1Br. The van der Waals surface area contributed by atoms with E-state index >= 15 is 0 Å². The average molecular weight is 410 g/mol. The zero-order valence-electron chi connectivity index (χ0n) is 12.8. The monoisotopic (exact) mass is 409 g/mol. The van der Waals surface area contributed by atoms with Crippen molar-refractivity contribution in [1.82, 2.24) is 24.6 Å². The Hall–Kier alpha value is -1.58. The van der Waals surface area contributed by atoms with E-state index in [1.165, 1.54) is 6.20 Å². The summed E-state index contributed by atoms with van der Waals surface area (Å²) in [6, 6.07) is 7.80. The molecule has 0 aliphatic carbocycles. The number of aromatic amines is 1. The zero-order valence-corrected chi connectivity index (χ0v) is 15.2. The maximum absolute atomic E-state index is 13.1. The lowest BCUT2D eigenvalue weighted by atomic mass is 10.2. The molecule has 0 saturated carbocycles. The molecule has 9 heteroatoms. The fourth-order valence-electron chi connectivity index (χ4n) is 3.47. The molecule has 4 rings (SSSR count). The topological polar surface area (TPSA) is 82.2 Å². The van der Waals surface area contributed by atoms with Crippen LogP contribution in [0.3, 0.4) is 0 Å². The van der Waals surface area contributed by atoms with Gasteiger partial charge in [0.1, 0.15) is 11.0 Å². The van der Waals surface area contributed by atoms with Crippen molar-refractivity contribution in [2.75, 3.05) is 13.1 Å².